The Labute approximate surface area is 101 Å². The molecule has 1 aliphatic rings. The summed E-state index contributed by atoms with van der Waals surface area (Å²) in [7, 11) is 3.87. The van der Waals surface area contributed by atoms with Gasteiger partial charge >= 0.3 is 5.97 Å². The molecule has 1 amide bonds. The van der Waals surface area contributed by atoms with E-state index in [0.29, 0.717) is 19.4 Å². The molecule has 0 radical (unpaired) electrons. The Hall–Kier alpha value is -1.14. The summed E-state index contributed by atoms with van der Waals surface area (Å²) in [6.45, 7) is 2.53. The average Bonchev–Trinajstić information content (AvgIpc) is 2.74. The van der Waals surface area contributed by atoms with E-state index in [0.717, 1.165) is 0 Å². The third-order valence-corrected chi connectivity index (χ3v) is 3.04. The Morgan fingerprint density at radius 1 is 1.41 bits per heavy atom. The van der Waals surface area contributed by atoms with Gasteiger partial charge in [-0.15, -0.1) is 0 Å². The van der Waals surface area contributed by atoms with Gasteiger partial charge in [0.05, 0.1) is 0 Å². The molecule has 0 aromatic carbocycles. The minimum absolute atomic E-state index is 0.220. The van der Waals surface area contributed by atoms with Gasteiger partial charge in [-0.3, -0.25) is 4.79 Å². The van der Waals surface area contributed by atoms with Crippen LogP contribution in [0.15, 0.2) is 0 Å². The third kappa shape index (κ3) is 3.98. The minimum Gasteiger partial charge on any atom is -0.479 e. The number of nitrogens with one attached hydrogen (secondary N) is 1. The molecule has 98 valence electrons. The van der Waals surface area contributed by atoms with Crippen molar-refractivity contribution in [2.45, 2.75) is 38.0 Å². The molecule has 0 bridgehead atoms. The molecule has 1 saturated heterocycles. The summed E-state index contributed by atoms with van der Waals surface area (Å²) in [6, 6.07) is 0.232. The fourth-order valence-corrected chi connectivity index (χ4v) is 1.56. The van der Waals surface area contributed by atoms with Crippen LogP contribution in [-0.4, -0.2) is 60.8 Å². The molecule has 1 rings (SSSR count). The quantitative estimate of drug-likeness (QED) is 0.693. The van der Waals surface area contributed by atoms with Crippen LogP contribution in [0.3, 0.4) is 0 Å². The van der Waals surface area contributed by atoms with Crippen molar-refractivity contribution in [2.24, 2.45) is 0 Å². The lowest BCUT2D eigenvalue weighted by molar-refractivity contribution is -0.151. The summed E-state index contributed by atoms with van der Waals surface area (Å²) in [4.78, 5) is 24.4. The van der Waals surface area contributed by atoms with E-state index >= 15 is 0 Å². The van der Waals surface area contributed by atoms with E-state index in [1.165, 1.54) is 0 Å². The van der Waals surface area contributed by atoms with Crippen LogP contribution >= 0.6 is 0 Å². The second-order valence-electron chi connectivity index (χ2n) is 4.59. The van der Waals surface area contributed by atoms with Crippen LogP contribution < -0.4 is 5.32 Å². The van der Waals surface area contributed by atoms with E-state index in [2.05, 4.69) is 5.32 Å². The number of carbonyl (C=O) groups excluding carboxylic acids is 1. The summed E-state index contributed by atoms with van der Waals surface area (Å²) in [6.07, 6.45) is -0.585. The number of likely N-dealkylation sites (N-methyl/N-ethyl adjacent to an activating group) is 1. The molecule has 1 aliphatic heterocycles. The van der Waals surface area contributed by atoms with Gasteiger partial charge in [-0.2, -0.15) is 0 Å². The van der Waals surface area contributed by atoms with Gasteiger partial charge in [0, 0.05) is 12.6 Å². The molecule has 2 N–H and O–H groups in total. The summed E-state index contributed by atoms with van der Waals surface area (Å²) < 4.78 is 5.15. The normalized spacial score (nSPS) is 25.9. The smallest absolute Gasteiger partial charge is 0.332 e. The molecule has 0 aromatic heterocycles. The number of carbonyl (C=O) groups is 2. The summed E-state index contributed by atoms with van der Waals surface area (Å²) in [5, 5.41) is 11.5. The first-order chi connectivity index (χ1) is 7.91. The zero-order valence-electron chi connectivity index (χ0n) is 10.5. The number of rotatable bonds is 5. The molecule has 0 aromatic rings. The van der Waals surface area contributed by atoms with E-state index in [9.17, 15) is 9.59 Å². The van der Waals surface area contributed by atoms with Crippen molar-refractivity contribution >= 4 is 11.9 Å². The van der Waals surface area contributed by atoms with E-state index in [-0.39, 0.29) is 11.9 Å². The van der Waals surface area contributed by atoms with Crippen molar-refractivity contribution in [3.8, 4) is 0 Å². The Morgan fingerprint density at radius 3 is 2.47 bits per heavy atom. The lowest BCUT2D eigenvalue weighted by Crippen LogP contribution is -2.42. The van der Waals surface area contributed by atoms with Crippen molar-refractivity contribution in [3.05, 3.63) is 0 Å². The van der Waals surface area contributed by atoms with Gasteiger partial charge in [-0.05, 0) is 33.9 Å². The Morgan fingerprint density at radius 2 is 2.00 bits per heavy atom. The van der Waals surface area contributed by atoms with Crippen LogP contribution in [-0.2, 0) is 14.3 Å². The lowest BCUT2D eigenvalue weighted by Gasteiger charge is -2.21. The zero-order valence-corrected chi connectivity index (χ0v) is 10.5. The largest absolute Gasteiger partial charge is 0.479 e. The molecular formula is C11H20N2O4. The predicted molar refractivity (Wildman–Crippen MR) is 61.7 cm³/mol. The third-order valence-electron chi connectivity index (χ3n) is 3.04. The predicted octanol–water partition coefficient (Wildman–Crippen LogP) is -0.315. The number of ether oxygens (including phenoxy) is 1. The van der Waals surface area contributed by atoms with Crippen molar-refractivity contribution in [3.63, 3.8) is 0 Å². The van der Waals surface area contributed by atoms with E-state index < -0.39 is 18.2 Å². The highest BCUT2D eigenvalue weighted by Crippen LogP contribution is 2.19. The Kier molecular flexibility index (Phi) is 4.89. The number of nitrogens with zero attached hydrogens (tertiary/aromatic N) is 1. The maximum atomic E-state index is 11.7. The molecule has 0 spiro atoms. The fourth-order valence-electron chi connectivity index (χ4n) is 1.56. The van der Waals surface area contributed by atoms with Crippen molar-refractivity contribution in [1.29, 1.82) is 0 Å². The van der Waals surface area contributed by atoms with Gasteiger partial charge in [-0.1, -0.05) is 0 Å². The Bertz CT molecular complexity index is 293. The number of amides is 1. The summed E-state index contributed by atoms with van der Waals surface area (Å²) >= 11 is 0. The van der Waals surface area contributed by atoms with Gasteiger partial charge in [-0.25, -0.2) is 4.79 Å². The van der Waals surface area contributed by atoms with E-state index in [4.69, 9.17) is 9.84 Å². The first kappa shape index (κ1) is 13.9. The van der Waals surface area contributed by atoms with Gasteiger partial charge < -0.3 is 20.1 Å². The Balaban J connectivity index is 2.32. The molecule has 1 heterocycles. The highest BCUT2D eigenvalue weighted by Gasteiger charge is 2.34. The fraction of sp³-hybridized carbons (Fsp3) is 0.818. The first-order valence-electron chi connectivity index (χ1n) is 5.74. The standard InChI is InChI=1S/C11H20N2O4/c1-7(13(2)3)6-12-10(14)8-4-5-9(17-8)11(15)16/h7-9H,4-6H2,1-3H3,(H,12,14)(H,15,16)/t7?,8-,9+/m0/s1. The highest BCUT2D eigenvalue weighted by atomic mass is 16.5. The van der Waals surface area contributed by atoms with Crippen molar-refractivity contribution in [2.75, 3.05) is 20.6 Å². The van der Waals surface area contributed by atoms with Crippen LogP contribution in [0.1, 0.15) is 19.8 Å². The summed E-state index contributed by atoms with van der Waals surface area (Å²) in [5.41, 5.74) is 0. The topological polar surface area (TPSA) is 78.9 Å². The molecule has 6 heteroatoms. The number of aliphatic carboxylic acids is 1. The molecule has 1 unspecified atom stereocenters. The lowest BCUT2D eigenvalue weighted by atomic mass is 10.2. The minimum atomic E-state index is -0.998. The molecular weight excluding hydrogens is 224 g/mol. The van der Waals surface area contributed by atoms with Crippen molar-refractivity contribution < 1.29 is 19.4 Å². The van der Waals surface area contributed by atoms with Gasteiger partial charge in [0.25, 0.3) is 0 Å². The number of hydrogen-bond donors (Lipinski definition) is 2. The average molecular weight is 244 g/mol. The molecule has 17 heavy (non-hydrogen) atoms. The van der Waals surface area contributed by atoms with Crippen LogP contribution in [0.25, 0.3) is 0 Å². The van der Waals surface area contributed by atoms with Crippen LogP contribution in [0.5, 0.6) is 0 Å². The zero-order chi connectivity index (χ0) is 13.0. The van der Waals surface area contributed by atoms with Crippen LogP contribution in [0.2, 0.25) is 0 Å². The van der Waals surface area contributed by atoms with Gasteiger partial charge in [0.15, 0.2) is 6.10 Å². The first-order valence-corrected chi connectivity index (χ1v) is 5.74. The SMILES string of the molecule is CC(CNC(=O)[C@@H]1CC[C@H](C(=O)O)O1)N(C)C. The van der Waals surface area contributed by atoms with Gasteiger partial charge in [0.1, 0.15) is 6.10 Å². The molecule has 6 nitrogen and oxygen atoms in total. The maximum Gasteiger partial charge on any atom is 0.332 e. The summed E-state index contributed by atoms with van der Waals surface area (Å²) in [5.74, 6) is -1.22. The van der Waals surface area contributed by atoms with Crippen LogP contribution in [0, 0.1) is 0 Å². The molecule has 0 saturated carbocycles. The van der Waals surface area contributed by atoms with E-state index in [1.807, 2.05) is 25.9 Å². The van der Waals surface area contributed by atoms with Crippen molar-refractivity contribution in [1.82, 2.24) is 10.2 Å². The number of carboxylic acid groups (broad SMARTS) is 1. The molecule has 0 aliphatic carbocycles. The second kappa shape index (κ2) is 5.97. The highest BCUT2D eigenvalue weighted by molar-refractivity contribution is 5.82. The number of carboxylic acids is 1. The second-order valence-corrected chi connectivity index (χ2v) is 4.59. The monoisotopic (exact) mass is 244 g/mol. The maximum absolute atomic E-state index is 11.7. The molecule has 3 atom stereocenters. The van der Waals surface area contributed by atoms with Crippen LogP contribution in [0.4, 0.5) is 0 Å². The molecule has 1 fully saturated rings. The number of hydrogen-bond acceptors (Lipinski definition) is 4. The van der Waals surface area contributed by atoms with E-state index in [1.54, 1.807) is 0 Å². The van der Waals surface area contributed by atoms with Gasteiger partial charge in [0.2, 0.25) is 5.91 Å².